The Morgan fingerprint density at radius 1 is 1.15 bits per heavy atom. The van der Waals surface area contributed by atoms with Crippen molar-refractivity contribution in [2.75, 3.05) is 7.05 Å². The van der Waals surface area contributed by atoms with Gasteiger partial charge in [0.15, 0.2) is 0 Å². The summed E-state index contributed by atoms with van der Waals surface area (Å²) in [5.74, 6) is -0.226. The topological polar surface area (TPSA) is 12.0 Å². The summed E-state index contributed by atoms with van der Waals surface area (Å²) in [6, 6.07) is 11.7. The second-order valence-electron chi connectivity index (χ2n) is 5.09. The molecule has 0 bridgehead atoms. The molecule has 2 rings (SSSR count). The number of rotatable bonds is 4. The Hall–Kier alpha value is -1.19. The molecule has 0 aliphatic rings. The van der Waals surface area contributed by atoms with E-state index in [1.807, 2.05) is 19.2 Å². The fourth-order valence-corrected chi connectivity index (χ4v) is 2.89. The van der Waals surface area contributed by atoms with Gasteiger partial charge in [0.05, 0.1) is 4.47 Å². The van der Waals surface area contributed by atoms with Crippen LogP contribution in [0.5, 0.6) is 0 Å². The minimum atomic E-state index is -0.226. The molecule has 2 aromatic rings. The third-order valence-corrected chi connectivity index (χ3v) is 4.35. The standard InChI is InChI=1S/C17H19BrFN/c1-11-5-4-6-12(2)14(11)10-17(20-3)13-7-8-16(19)15(18)9-13/h4-9,17,20H,10H2,1-3H3. The van der Waals surface area contributed by atoms with Gasteiger partial charge in [-0.15, -0.1) is 0 Å². The van der Waals surface area contributed by atoms with Crippen LogP contribution in [0.3, 0.4) is 0 Å². The lowest BCUT2D eigenvalue weighted by Gasteiger charge is -2.20. The zero-order chi connectivity index (χ0) is 14.7. The Morgan fingerprint density at radius 2 is 1.80 bits per heavy atom. The Labute approximate surface area is 128 Å². The van der Waals surface area contributed by atoms with E-state index in [1.54, 1.807) is 0 Å². The van der Waals surface area contributed by atoms with Crippen molar-refractivity contribution in [3.8, 4) is 0 Å². The molecule has 0 saturated carbocycles. The summed E-state index contributed by atoms with van der Waals surface area (Å²) in [6.07, 6.45) is 0.896. The van der Waals surface area contributed by atoms with Crippen LogP contribution in [0.4, 0.5) is 4.39 Å². The molecule has 3 heteroatoms. The largest absolute Gasteiger partial charge is 0.313 e. The highest BCUT2D eigenvalue weighted by atomic mass is 79.9. The van der Waals surface area contributed by atoms with E-state index in [1.165, 1.54) is 22.8 Å². The molecular formula is C17H19BrFN. The van der Waals surface area contributed by atoms with E-state index in [0.29, 0.717) is 4.47 Å². The van der Waals surface area contributed by atoms with Crippen molar-refractivity contribution in [1.29, 1.82) is 0 Å². The molecule has 0 spiro atoms. The molecule has 0 aromatic heterocycles. The molecule has 0 saturated heterocycles. The maximum absolute atomic E-state index is 13.4. The van der Waals surface area contributed by atoms with Crippen molar-refractivity contribution in [2.45, 2.75) is 26.3 Å². The minimum absolute atomic E-state index is 0.173. The van der Waals surface area contributed by atoms with Gasteiger partial charge in [-0.25, -0.2) is 4.39 Å². The van der Waals surface area contributed by atoms with Crippen molar-refractivity contribution in [3.63, 3.8) is 0 Å². The van der Waals surface area contributed by atoms with Crippen molar-refractivity contribution in [2.24, 2.45) is 0 Å². The molecule has 20 heavy (non-hydrogen) atoms. The van der Waals surface area contributed by atoms with Crippen LogP contribution in [0.15, 0.2) is 40.9 Å². The second-order valence-corrected chi connectivity index (χ2v) is 5.94. The maximum Gasteiger partial charge on any atom is 0.137 e. The molecule has 0 radical (unpaired) electrons. The van der Waals surface area contributed by atoms with Gasteiger partial charge in [-0.3, -0.25) is 0 Å². The van der Waals surface area contributed by atoms with Gasteiger partial charge in [0.1, 0.15) is 5.82 Å². The van der Waals surface area contributed by atoms with Crippen LogP contribution in [0.2, 0.25) is 0 Å². The van der Waals surface area contributed by atoms with Crippen molar-refractivity contribution in [3.05, 3.63) is 68.9 Å². The quantitative estimate of drug-likeness (QED) is 0.853. The Morgan fingerprint density at radius 3 is 2.35 bits per heavy atom. The average molecular weight is 336 g/mol. The van der Waals surface area contributed by atoms with E-state index >= 15 is 0 Å². The highest BCUT2D eigenvalue weighted by Gasteiger charge is 2.14. The van der Waals surface area contributed by atoms with Crippen molar-refractivity contribution < 1.29 is 4.39 Å². The van der Waals surface area contributed by atoms with Crippen LogP contribution in [-0.2, 0) is 6.42 Å². The minimum Gasteiger partial charge on any atom is -0.313 e. The summed E-state index contributed by atoms with van der Waals surface area (Å²) in [5, 5.41) is 3.32. The summed E-state index contributed by atoms with van der Waals surface area (Å²) < 4.78 is 13.9. The highest BCUT2D eigenvalue weighted by molar-refractivity contribution is 9.10. The number of nitrogens with one attached hydrogen (secondary N) is 1. The van der Waals surface area contributed by atoms with Gasteiger partial charge in [-0.05, 0) is 77.6 Å². The van der Waals surface area contributed by atoms with E-state index in [4.69, 9.17) is 0 Å². The van der Waals surface area contributed by atoms with Gasteiger partial charge in [0, 0.05) is 6.04 Å². The SMILES string of the molecule is CNC(Cc1c(C)cccc1C)c1ccc(F)c(Br)c1. The van der Waals surface area contributed by atoms with Crippen LogP contribution in [0.1, 0.15) is 28.3 Å². The summed E-state index contributed by atoms with van der Waals surface area (Å²) in [5.41, 5.74) is 5.04. The summed E-state index contributed by atoms with van der Waals surface area (Å²) >= 11 is 3.26. The zero-order valence-corrected chi connectivity index (χ0v) is 13.6. The first-order chi connectivity index (χ1) is 9.52. The number of benzene rings is 2. The maximum atomic E-state index is 13.4. The van der Waals surface area contributed by atoms with E-state index in [9.17, 15) is 4.39 Å². The number of aryl methyl sites for hydroxylation is 2. The van der Waals surface area contributed by atoms with Crippen LogP contribution in [-0.4, -0.2) is 7.05 Å². The van der Waals surface area contributed by atoms with Gasteiger partial charge in [-0.1, -0.05) is 24.3 Å². The molecule has 2 aromatic carbocycles. The predicted octanol–water partition coefficient (Wildman–Crippen LogP) is 4.71. The van der Waals surface area contributed by atoms with Crippen LogP contribution < -0.4 is 5.32 Å². The Balaban J connectivity index is 2.31. The van der Waals surface area contributed by atoms with Gasteiger partial charge in [0.25, 0.3) is 0 Å². The molecule has 1 unspecified atom stereocenters. The highest BCUT2D eigenvalue weighted by Crippen LogP contribution is 2.26. The van der Waals surface area contributed by atoms with Crippen molar-refractivity contribution >= 4 is 15.9 Å². The molecule has 106 valence electrons. The monoisotopic (exact) mass is 335 g/mol. The molecule has 0 aliphatic heterocycles. The first-order valence-corrected chi connectivity index (χ1v) is 7.49. The molecule has 0 heterocycles. The first kappa shape index (κ1) is 15.2. The Kier molecular flexibility index (Phi) is 4.95. The lowest BCUT2D eigenvalue weighted by molar-refractivity contribution is 0.581. The Bertz CT molecular complexity index is 590. The number of halogens is 2. The van der Waals surface area contributed by atoms with Gasteiger partial charge < -0.3 is 5.32 Å². The summed E-state index contributed by atoms with van der Waals surface area (Å²) in [7, 11) is 1.94. The molecule has 1 N–H and O–H groups in total. The van der Waals surface area contributed by atoms with Gasteiger partial charge in [0.2, 0.25) is 0 Å². The normalized spacial score (nSPS) is 12.4. The smallest absolute Gasteiger partial charge is 0.137 e. The third kappa shape index (κ3) is 3.28. The van der Waals surface area contributed by atoms with Gasteiger partial charge >= 0.3 is 0 Å². The van der Waals surface area contributed by atoms with E-state index in [0.717, 1.165) is 12.0 Å². The number of hydrogen-bond donors (Lipinski definition) is 1. The van der Waals surface area contributed by atoms with Crippen LogP contribution in [0.25, 0.3) is 0 Å². The van der Waals surface area contributed by atoms with E-state index in [2.05, 4.69) is 53.3 Å². The average Bonchev–Trinajstić information content (AvgIpc) is 2.42. The van der Waals surface area contributed by atoms with Crippen LogP contribution >= 0.6 is 15.9 Å². The lowest BCUT2D eigenvalue weighted by atomic mass is 9.93. The van der Waals surface area contributed by atoms with Crippen molar-refractivity contribution in [1.82, 2.24) is 5.32 Å². The predicted molar refractivity (Wildman–Crippen MR) is 85.5 cm³/mol. The fraction of sp³-hybridized carbons (Fsp3) is 0.294. The zero-order valence-electron chi connectivity index (χ0n) is 12.0. The molecular weight excluding hydrogens is 317 g/mol. The number of hydrogen-bond acceptors (Lipinski definition) is 1. The van der Waals surface area contributed by atoms with Gasteiger partial charge in [-0.2, -0.15) is 0 Å². The fourth-order valence-electron chi connectivity index (χ4n) is 2.49. The van der Waals surface area contributed by atoms with Crippen LogP contribution in [0, 0.1) is 19.7 Å². The summed E-state index contributed by atoms with van der Waals surface area (Å²) in [4.78, 5) is 0. The molecule has 0 aliphatic carbocycles. The first-order valence-electron chi connectivity index (χ1n) is 6.70. The molecule has 0 amide bonds. The second kappa shape index (κ2) is 6.51. The van der Waals surface area contributed by atoms with E-state index < -0.39 is 0 Å². The summed E-state index contributed by atoms with van der Waals surface area (Å²) in [6.45, 7) is 4.27. The number of likely N-dealkylation sites (N-methyl/N-ethyl adjacent to an activating group) is 1. The lowest BCUT2D eigenvalue weighted by Crippen LogP contribution is -2.19. The molecule has 1 nitrogen and oxygen atoms in total. The molecule has 1 atom stereocenters. The van der Waals surface area contributed by atoms with E-state index in [-0.39, 0.29) is 11.9 Å². The third-order valence-electron chi connectivity index (χ3n) is 3.75. The molecule has 0 fully saturated rings.